The van der Waals surface area contributed by atoms with Gasteiger partial charge in [-0.2, -0.15) is 4.98 Å². The van der Waals surface area contributed by atoms with Crippen molar-refractivity contribution in [1.29, 1.82) is 0 Å². The Kier molecular flexibility index (Phi) is 6.58. The molecule has 0 spiro atoms. The minimum absolute atomic E-state index is 0.0863. The van der Waals surface area contributed by atoms with E-state index >= 15 is 0 Å². The zero-order valence-electron chi connectivity index (χ0n) is 16.5. The van der Waals surface area contributed by atoms with Crippen LogP contribution >= 0.6 is 0 Å². The summed E-state index contributed by atoms with van der Waals surface area (Å²) in [6, 6.07) is 17.3. The smallest absolute Gasteiger partial charge is 0.413 e. The van der Waals surface area contributed by atoms with Gasteiger partial charge in [0.1, 0.15) is 0 Å². The third kappa shape index (κ3) is 4.85. The summed E-state index contributed by atoms with van der Waals surface area (Å²) in [5.41, 5.74) is -0.495. The number of nitrogens with one attached hydrogen (secondary N) is 2. The van der Waals surface area contributed by atoms with E-state index in [2.05, 4.69) is 15.3 Å². The molecule has 0 saturated carbocycles. The van der Waals surface area contributed by atoms with E-state index in [1.807, 2.05) is 12.1 Å². The predicted molar refractivity (Wildman–Crippen MR) is 114 cm³/mol. The molecule has 11 heteroatoms. The predicted octanol–water partition coefficient (Wildman–Crippen LogP) is 2.72. The highest BCUT2D eigenvalue weighted by atomic mass is 16.6. The van der Waals surface area contributed by atoms with Gasteiger partial charge >= 0.3 is 17.3 Å². The zero-order valence-corrected chi connectivity index (χ0v) is 16.5. The third-order valence-electron chi connectivity index (χ3n) is 4.31. The molecule has 4 N–H and O–H groups in total. The van der Waals surface area contributed by atoms with Crippen LogP contribution in [-0.2, 0) is 4.74 Å². The molecule has 11 nitrogen and oxygen atoms in total. The lowest BCUT2D eigenvalue weighted by Gasteiger charge is -2.29. The third-order valence-corrected chi connectivity index (χ3v) is 4.31. The number of ether oxygens (including phenoxy) is 1. The van der Waals surface area contributed by atoms with Gasteiger partial charge < -0.3 is 4.74 Å². The summed E-state index contributed by atoms with van der Waals surface area (Å²) in [4.78, 5) is 41.1. The standard InChI is InChI=1S/C20H20N6O5/c1-2-31-20(28)24-19-22-17(16(26(29)30)18(27)23-19)25(21)15(13-9-5-3-6-10-13)14-11-7-4-8-12-14/h3-12,15H,2,21H2,1H3,(H2,22,23,24,27,28). The Morgan fingerprint density at radius 1 is 1.19 bits per heavy atom. The molecule has 0 saturated heterocycles. The Bertz CT molecular complexity index is 1080. The van der Waals surface area contributed by atoms with Gasteiger partial charge in [-0.15, -0.1) is 0 Å². The van der Waals surface area contributed by atoms with Crippen molar-refractivity contribution < 1.29 is 14.5 Å². The van der Waals surface area contributed by atoms with Gasteiger partial charge in [0.15, 0.2) is 0 Å². The van der Waals surface area contributed by atoms with Crippen molar-refractivity contribution in [3.8, 4) is 0 Å². The number of carbonyl (C=O) groups is 1. The van der Waals surface area contributed by atoms with E-state index < -0.39 is 34.1 Å². The summed E-state index contributed by atoms with van der Waals surface area (Å²) in [6.07, 6.45) is -0.878. The van der Waals surface area contributed by atoms with Gasteiger partial charge in [-0.1, -0.05) is 60.7 Å². The van der Waals surface area contributed by atoms with Gasteiger partial charge in [0, 0.05) is 0 Å². The number of H-pyrrole nitrogens is 1. The largest absolute Gasteiger partial charge is 0.450 e. The monoisotopic (exact) mass is 424 g/mol. The van der Waals surface area contributed by atoms with Crippen LogP contribution in [0.3, 0.4) is 0 Å². The summed E-state index contributed by atoms with van der Waals surface area (Å²) in [5.74, 6) is 5.59. The molecule has 3 aromatic rings. The first-order valence-electron chi connectivity index (χ1n) is 9.28. The van der Waals surface area contributed by atoms with Crippen molar-refractivity contribution >= 4 is 23.5 Å². The number of nitrogens with zero attached hydrogens (tertiary/aromatic N) is 3. The molecule has 1 heterocycles. The number of aromatic nitrogens is 2. The summed E-state index contributed by atoms with van der Waals surface area (Å²) < 4.78 is 4.76. The summed E-state index contributed by atoms with van der Waals surface area (Å²) in [7, 11) is 0. The van der Waals surface area contributed by atoms with Crippen molar-refractivity contribution in [3.63, 3.8) is 0 Å². The molecule has 0 bridgehead atoms. The zero-order chi connectivity index (χ0) is 22.4. The molecule has 1 aromatic heterocycles. The summed E-state index contributed by atoms with van der Waals surface area (Å²) in [5, 5.41) is 14.9. The van der Waals surface area contributed by atoms with Crippen LogP contribution < -0.4 is 21.7 Å². The fourth-order valence-corrected chi connectivity index (χ4v) is 3.03. The van der Waals surface area contributed by atoms with Gasteiger partial charge in [0.2, 0.25) is 11.8 Å². The first-order chi connectivity index (χ1) is 14.9. The second-order valence-electron chi connectivity index (χ2n) is 6.32. The molecule has 160 valence electrons. The highest BCUT2D eigenvalue weighted by Gasteiger charge is 2.31. The van der Waals surface area contributed by atoms with E-state index in [9.17, 15) is 19.7 Å². The van der Waals surface area contributed by atoms with Crippen LogP contribution in [0.25, 0.3) is 0 Å². The maximum absolute atomic E-state index is 12.4. The highest BCUT2D eigenvalue weighted by Crippen LogP contribution is 2.33. The quantitative estimate of drug-likeness (QED) is 0.297. The average Bonchev–Trinajstić information content (AvgIpc) is 2.75. The van der Waals surface area contributed by atoms with Crippen LogP contribution in [0.4, 0.5) is 22.2 Å². The topological polar surface area (TPSA) is 156 Å². The fourth-order valence-electron chi connectivity index (χ4n) is 3.03. The molecule has 0 unspecified atom stereocenters. The summed E-state index contributed by atoms with van der Waals surface area (Å²) in [6.45, 7) is 1.69. The van der Waals surface area contributed by atoms with E-state index in [0.29, 0.717) is 11.1 Å². The molecular weight excluding hydrogens is 404 g/mol. The minimum Gasteiger partial charge on any atom is -0.450 e. The van der Waals surface area contributed by atoms with Gasteiger partial charge in [0.05, 0.1) is 17.6 Å². The highest BCUT2D eigenvalue weighted by molar-refractivity contribution is 5.82. The molecule has 0 fully saturated rings. The lowest BCUT2D eigenvalue weighted by Crippen LogP contribution is -2.38. The fraction of sp³-hybridized carbons (Fsp3) is 0.150. The number of nitro groups is 1. The van der Waals surface area contributed by atoms with E-state index in [1.165, 1.54) is 0 Å². The van der Waals surface area contributed by atoms with E-state index in [4.69, 9.17) is 10.6 Å². The van der Waals surface area contributed by atoms with Gasteiger partial charge in [-0.05, 0) is 18.1 Å². The van der Waals surface area contributed by atoms with Crippen molar-refractivity contribution in [2.24, 2.45) is 5.84 Å². The lowest BCUT2D eigenvalue weighted by molar-refractivity contribution is -0.385. The van der Waals surface area contributed by atoms with E-state index in [1.54, 1.807) is 55.5 Å². The molecule has 0 radical (unpaired) electrons. The van der Waals surface area contributed by atoms with Crippen LogP contribution in [-0.4, -0.2) is 27.6 Å². The van der Waals surface area contributed by atoms with Crippen molar-refractivity contribution in [1.82, 2.24) is 9.97 Å². The average molecular weight is 424 g/mol. The second kappa shape index (κ2) is 9.50. The van der Waals surface area contributed by atoms with Crippen LogP contribution in [0.15, 0.2) is 65.5 Å². The Labute approximate surface area is 176 Å². The van der Waals surface area contributed by atoms with Crippen molar-refractivity contribution in [3.05, 3.63) is 92.3 Å². The molecule has 1 amide bonds. The number of nitrogens with two attached hydrogens (primary N) is 1. The number of hydrogen-bond donors (Lipinski definition) is 3. The second-order valence-corrected chi connectivity index (χ2v) is 6.32. The maximum Gasteiger partial charge on any atom is 0.413 e. The number of aromatic amines is 1. The number of anilines is 2. The molecule has 2 aromatic carbocycles. The number of benzene rings is 2. The molecule has 0 atom stereocenters. The molecule has 0 aliphatic rings. The number of amides is 1. The van der Waals surface area contributed by atoms with Crippen molar-refractivity contribution in [2.45, 2.75) is 13.0 Å². The SMILES string of the molecule is CCOC(=O)Nc1nc(N(N)C(c2ccccc2)c2ccccc2)c([N+](=O)[O-])c(=O)[nH]1. The summed E-state index contributed by atoms with van der Waals surface area (Å²) >= 11 is 0. The lowest BCUT2D eigenvalue weighted by atomic mass is 9.98. The number of hydrogen-bond acceptors (Lipinski definition) is 8. The van der Waals surface area contributed by atoms with Crippen LogP contribution in [0.5, 0.6) is 0 Å². The normalized spacial score (nSPS) is 10.5. The Morgan fingerprint density at radius 3 is 2.23 bits per heavy atom. The molecule has 31 heavy (non-hydrogen) atoms. The Morgan fingerprint density at radius 2 is 1.74 bits per heavy atom. The maximum atomic E-state index is 12.4. The van der Waals surface area contributed by atoms with Gasteiger partial charge in [-0.25, -0.2) is 10.6 Å². The minimum atomic E-state index is -1.07. The first-order valence-corrected chi connectivity index (χ1v) is 9.28. The van der Waals surface area contributed by atoms with Gasteiger partial charge in [0.25, 0.3) is 0 Å². The number of rotatable bonds is 7. The Balaban J connectivity index is 2.15. The molecular formula is C20H20N6O5. The first kappa shape index (κ1) is 21.5. The Hall–Kier alpha value is -4.25. The van der Waals surface area contributed by atoms with Crippen molar-refractivity contribution in [2.75, 3.05) is 16.9 Å². The molecule has 3 rings (SSSR count). The van der Waals surface area contributed by atoms with Crippen LogP contribution in [0.1, 0.15) is 24.1 Å². The van der Waals surface area contributed by atoms with Crippen LogP contribution in [0, 0.1) is 10.1 Å². The number of hydrazine groups is 1. The van der Waals surface area contributed by atoms with E-state index in [-0.39, 0.29) is 12.6 Å². The molecule has 0 aliphatic carbocycles. The van der Waals surface area contributed by atoms with Crippen LogP contribution in [0.2, 0.25) is 0 Å². The molecule has 0 aliphatic heterocycles. The van der Waals surface area contributed by atoms with Gasteiger partial charge in [-0.3, -0.25) is 30.2 Å². The van der Waals surface area contributed by atoms with E-state index in [0.717, 1.165) is 5.01 Å². The number of carbonyl (C=O) groups excluding carboxylic acids is 1.